The molecule has 25 heteroatoms. The van der Waals surface area contributed by atoms with E-state index in [2.05, 4.69) is 49.8 Å². The molecule has 15 saturated carbocycles. The maximum atomic E-state index is 13.6. The molecule has 0 radical (unpaired) electrons. The van der Waals surface area contributed by atoms with Gasteiger partial charge in [-0.05, 0) is 423 Å². The van der Waals surface area contributed by atoms with Crippen LogP contribution < -0.4 is 4.74 Å². The molecule has 3 aromatic carbocycles. The van der Waals surface area contributed by atoms with Crippen LogP contribution in [0.4, 0.5) is 0 Å². The fourth-order valence-electron chi connectivity index (χ4n) is 29.2. The largest absolute Gasteiger partial charge is 0.481 e. The fourth-order valence-corrected chi connectivity index (χ4v) is 47.5. The van der Waals surface area contributed by atoms with Gasteiger partial charge in [-0.25, -0.2) is 28.8 Å². The van der Waals surface area contributed by atoms with Gasteiger partial charge in [0.25, 0.3) is 10.1 Å². The average Bonchev–Trinajstić information content (AvgIpc) is 1.61. The van der Waals surface area contributed by atoms with Crippen molar-refractivity contribution in [2.24, 2.45) is 82.9 Å². The zero-order valence-corrected chi connectivity index (χ0v) is 90.1. The number of hydrogen-bond acceptors (Lipinski definition) is 17. The lowest BCUT2D eigenvalue weighted by molar-refractivity contribution is -0.205. The number of methoxy groups -OCH3 is 1. The average molecular weight is 2030 g/mol. The van der Waals surface area contributed by atoms with E-state index in [9.17, 15) is 42.0 Å². The molecule has 8 heterocycles. The lowest BCUT2D eigenvalue weighted by atomic mass is 9.50. The third-order valence-corrected chi connectivity index (χ3v) is 55.3. The van der Waals surface area contributed by atoms with Gasteiger partial charge in [-0.15, -0.1) is 0 Å². The van der Waals surface area contributed by atoms with E-state index in [0.29, 0.717) is 125 Å². The second kappa shape index (κ2) is 47.0. The molecule has 15 aliphatic carbocycles. The molecule has 754 valence electrons. The minimum absolute atomic E-state index is 0.0114. The Kier molecular flexibility index (Phi) is 35.9. The van der Waals surface area contributed by atoms with E-state index >= 15 is 0 Å². The number of ether oxygens (including phenoxy) is 7. The van der Waals surface area contributed by atoms with Crippen LogP contribution in [0, 0.1) is 82.9 Å². The van der Waals surface area contributed by atoms with Crippen LogP contribution in [0.2, 0.25) is 0 Å². The van der Waals surface area contributed by atoms with Crippen LogP contribution in [-0.4, -0.2) is 218 Å². The van der Waals surface area contributed by atoms with Gasteiger partial charge < -0.3 is 33.2 Å². The topological polar surface area (TPSA) is 227 Å². The molecule has 5 atom stereocenters. The van der Waals surface area contributed by atoms with Crippen LogP contribution in [-0.2, 0) is 148 Å². The Morgan fingerprint density at radius 3 is 1.21 bits per heavy atom. The van der Waals surface area contributed by atoms with Gasteiger partial charge in [0.1, 0.15) is 121 Å². The Labute approximate surface area is 836 Å². The normalized spacial score (nSPS) is 35.3. The molecular weight excluding hydrogens is 1860 g/mol. The van der Waals surface area contributed by atoms with Gasteiger partial charge in [0.2, 0.25) is 33.5 Å². The standard InChI is InChI=1S/C22H35O2S.C18H29O2S.C17H19O3S.C17H27O2S.C14H21O5S2.C12H15OS.C11H21O2S/c1-21(18-12-16-11-17(14-18)15-19(21)13-16)24-20(23)22(7-3-4-8-22)25-9-5-2-6-10-25;1-18(20-17(19)12-21-5-3-2-4-6-21)15-8-13-7-14(10-15)11-16(18)9-13;1-19-17(18)12-20-15-8-9-16(21-10-4-5-11-21)14-7-3-2-6-13(14)15;1-17(19-16(18)11-20-4-2-3-5-20)14-7-12-6-13(9-14)10-15(17)8-12;15-12(8-20-4-2-1-3-5-20)18-13-9-6-10-11(7-9)21(16,17)19-14(10)13;13-12(10-14-8-4-5-9-14)11-6-2-1-3-7-11;1-11(2,3)13-10(12)9-14-7-5-4-6-8-14/h16-19H,2-15H2,1H3;13-16H,2-12H2,1H3;2-3,6-9H,4-5,10-12H2,1H3;12-15H,2-11H2,1H3;9-11,13-14H,1-8H2;1-3,6-7H,4-5,8-10H2;4-9H2,1-3H3/q7*+1. The Morgan fingerprint density at radius 1 is 0.397 bits per heavy atom. The summed E-state index contributed by atoms with van der Waals surface area (Å²) >= 11 is 0. The SMILES string of the molecule is CC(C)(C)OC(=O)C[S+]1CCCCC1.CC1(OC(=O)C2([S+]3CCCCC3)CCCC2)C2CC3CC(C2)CC1C3.CC1(OC(=O)C[S+]2CCCC2)C2CC3CC(C2)CC1C3.CC1(OC(=O)C[S+]2CCCCC2)C2CC3CC(C2)CC1C3.COC(=O)COc1ccc([S+]2CCCC2)c2ccccc12.O=C(C[S+]1CCCC1)c1ccccc1.O=C(C[S+]1CCCCC1)OC1C2CC3C1OS(=O)(=O)C3C2. The van der Waals surface area contributed by atoms with Crippen molar-refractivity contribution >= 4 is 139 Å². The highest BCUT2D eigenvalue weighted by atomic mass is 32.2. The second-order valence-electron chi connectivity index (χ2n) is 46.3. The minimum Gasteiger partial charge on any atom is -0.481 e. The first-order chi connectivity index (χ1) is 65.5. The molecule has 17 nitrogen and oxygen atoms in total. The van der Waals surface area contributed by atoms with E-state index in [1.165, 1.54) is 311 Å². The summed E-state index contributed by atoms with van der Waals surface area (Å²) in [6.07, 6.45) is 49.4. The number of esters is 6. The van der Waals surface area contributed by atoms with Gasteiger partial charge in [-0.1, -0.05) is 48.5 Å². The van der Waals surface area contributed by atoms with Gasteiger partial charge >= 0.3 is 35.8 Å². The van der Waals surface area contributed by atoms with E-state index in [0.717, 1.165) is 88.7 Å². The smallest absolute Gasteiger partial charge is 0.363 e. The molecule has 26 rings (SSSR count). The summed E-state index contributed by atoms with van der Waals surface area (Å²) in [6.45, 7) is 12.6. The van der Waals surface area contributed by atoms with Crippen LogP contribution >= 0.6 is 0 Å². The number of carbonyl (C=O) groups excluding carboxylic acids is 7. The first kappa shape index (κ1) is 104. The number of hydrogen-bond donors (Lipinski definition) is 0. The van der Waals surface area contributed by atoms with Crippen molar-refractivity contribution < 1.29 is 79.3 Å². The summed E-state index contributed by atoms with van der Waals surface area (Å²) < 4.78 is 69.0. The van der Waals surface area contributed by atoms with Crippen molar-refractivity contribution in [2.75, 3.05) is 123 Å². The molecule has 0 amide bonds. The maximum Gasteiger partial charge on any atom is 0.363 e. The van der Waals surface area contributed by atoms with Gasteiger partial charge in [0.05, 0.1) is 12.4 Å². The first-order valence-electron chi connectivity index (χ1n) is 53.9. The zero-order chi connectivity index (χ0) is 94.9. The van der Waals surface area contributed by atoms with Gasteiger partial charge in [0, 0.05) is 62.8 Å². The number of fused-ring (bicyclic) bond motifs is 2. The van der Waals surface area contributed by atoms with Crippen molar-refractivity contribution in [3.63, 3.8) is 0 Å². The third kappa shape index (κ3) is 25.6. The molecule has 23 aliphatic rings. The fraction of sp³-hybridized carbons (Fsp3) is 0.793. The van der Waals surface area contributed by atoms with Gasteiger partial charge in [0.15, 0.2) is 17.3 Å². The maximum absolute atomic E-state index is 13.6. The summed E-state index contributed by atoms with van der Waals surface area (Å²) in [5, 5.41) is 1.99. The van der Waals surface area contributed by atoms with Crippen molar-refractivity contribution in [3.8, 4) is 5.75 Å². The van der Waals surface area contributed by atoms with Gasteiger partial charge in [-0.2, -0.15) is 8.42 Å². The zero-order valence-electron chi connectivity index (χ0n) is 83.6. The molecule has 5 unspecified atom stereocenters. The van der Waals surface area contributed by atoms with Gasteiger partial charge in [-0.3, -0.25) is 8.98 Å². The van der Waals surface area contributed by atoms with E-state index in [4.69, 9.17) is 32.6 Å². The number of Topliss-reactive ketones (excluding diaryl/α,β-unsaturated/α-hetero) is 1. The summed E-state index contributed by atoms with van der Waals surface area (Å²) in [6, 6.07) is 22.1. The van der Waals surface area contributed by atoms with Crippen molar-refractivity contribution in [1.82, 2.24) is 0 Å². The highest BCUT2D eigenvalue weighted by Crippen LogP contribution is 2.64. The predicted molar refractivity (Wildman–Crippen MR) is 563 cm³/mol. The van der Waals surface area contributed by atoms with Crippen LogP contribution in [0.3, 0.4) is 0 Å². The highest BCUT2D eigenvalue weighted by molar-refractivity contribution is 7.99. The molecular formula is C111H167O17S8+7. The highest BCUT2D eigenvalue weighted by Gasteiger charge is 2.67. The van der Waals surface area contributed by atoms with Crippen LogP contribution in [0.1, 0.15) is 302 Å². The van der Waals surface area contributed by atoms with E-state index in [1.807, 2.05) is 63.2 Å². The lowest BCUT2D eigenvalue weighted by Crippen LogP contribution is -2.60. The van der Waals surface area contributed by atoms with E-state index in [-0.39, 0.29) is 115 Å². The first-order valence-corrected chi connectivity index (χ1v) is 67.2. The Morgan fingerprint density at radius 2 is 0.779 bits per heavy atom. The van der Waals surface area contributed by atoms with E-state index < -0.39 is 16.2 Å². The third-order valence-electron chi connectivity index (χ3n) is 35.8. The molecule has 8 saturated heterocycles. The van der Waals surface area contributed by atoms with Crippen molar-refractivity contribution in [1.29, 1.82) is 0 Å². The molecule has 136 heavy (non-hydrogen) atoms. The van der Waals surface area contributed by atoms with Crippen molar-refractivity contribution in [3.05, 3.63) is 72.3 Å². The number of ketones is 1. The van der Waals surface area contributed by atoms with E-state index in [1.54, 1.807) is 0 Å². The number of benzene rings is 3. The molecule has 23 fully saturated rings. The molecule has 8 aliphatic heterocycles. The predicted octanol–water partition coefficient (Wildman–Crippen LogP) is 20.0. The summed E-state index contributed by atoms with van der Waals surface area (Å²) in [4.78, 5) is 86.7. The summed E-state index contributed by atoms with van der Waals surface area (Å²) in [7, 11) is 0.151. The second-order valence-corrected chi connectivity index (χ2v) is 64.5. The minimum atomic E-state index is -3.42. The van der Waals surface area contributed by atoms with Crippen LogP contribution in [0.5, 0.6) is 5.75 Å². The number of rotatable bonds is 21. The number of carbonyl (C=O) groups is 7. The quantitative estimate of drug-likeness (QED) is 0.0317. The molecule has 3 aromatic rings. The lowest BCUT2D eigenvalue weighted by Gasteiger charge is -2.59. The summed E-state index contributed by atoms with van der Waals surface area (Å²) in [5.41, 5.74) is 0.180. The molecule has 0 aromatic heterocycles. The Bertz CT molecular complexity index is 4520. The van der Waals surface area contributed by atoms with Crippen molar-refractivity contribution in [2.45, 2.75) is 341 Å². The Balaban J connectivity index is 0.000000111. The molecule has 0 spiro atoms. The monoisotopic (exact) mass is 2030 g/mol. The van der Waals surface area contributed by atoms with Crippen LogP contribution in [0.15, 0.2) is 71.6 Å². The van der Waals surface area contributed by atoms with Crippen LogP contribution in [0.25, 0.3) is 10.8 Å². The Hall–Kier alpha value is -3.43. The molecule has 14 bridgehead atoms. The molecule has 0 N–H and O–H groups in total. The summed E-state index contributed by atoms with van der Waals surface area (Å²) in [5.74, 6) is 31.8.